The zero-order valence-electron chi connectivity index (χ0n) is 16.4. The van der Waals surface area contributed by atoms with Crippen molar-refractivity contribution in [1.29, 1.82) is 0 Å². The van der Waals surface area contributed by atoms with Crippen LogP contribution < -0.4 is 0 Å². The van der Waals surface area contributed by atoms with Gasteiger partial charge in [0.05, 0.1) is 25.3 Å². The average molecular weight is 370 g/mol. The molecule has 2 fully saturated rings. The van der Waals surface area contributed by atoms with Crippen molar-refractivity contribution in [2.24, 2.45) is 0 Å². The average Bonchev–Trinajstić information content (AvgIpc) is 3.34. The first-order valence-electron chi connectivity index (χ1n) is 10.1. The minimum atomic E-state index is 0.119. The standard InChI is InChI=1S/C21H30N4O2/c1-24(15-19-22-21(23-27-19)17-10-6-7-11-17)14-18-20(25(2)12-13-26-18)16-8-4-3-5-9-16/h3-5,8-9,17-18,20H,6-7,10-15H2,1-2H3/t18-,20-/m0/s1. The second-order valence-electron chi connectivity index (χ2n) is 7.97. The number of likely N-dealkylation sites (N-methyl/N-ethyl adjacent to an activating group) is 2. The van der Waals surface area contributed by atoms with E-state index in [0.717, 1.165) is 25.5 Å². The molecule has 0 spiro atoms. The molecule has 1 aliphatic carbocycles. The molecule has 1 saturated carbocycles. The topological polar surface area (TPSA) is 54.6 Å². The summed E-state index contributed by atoms with van der Waals surface area (Å²) in [4.78, 5) is 9.27. The maximum atomic E-state index is 6.16. The minimum Gasteiger partial charge on any atom is -0.374 e. The second-order valence-corrected chi connectivity index (χ2v) is 7.97. The van der Waals surface area contributed by atoms with Crippen LogP contribution in [0.5, 0.6) is 0 Å². The Hall–Kier alpha value is -1.76. The largest absolute Gasteiger partial charge is 0.374 e. The normalized spacial score (nSPS) is 24.7. The van der Waals surface area contributed by atoms with Crippen molar-refractivity contribution in [2.45, 2.75) is 50.3 Å². The van der Waals surface area contributed by atoms with Crippen LogP contribution in [-0.2, 0) is 11.3 Å². The Morgan fingerprint density at radius 2 is 1.96 bits per heavy atom. The second kappa shape index (κ2) is 8.50. The predicted molar refractivity (Wildman–Crippen MR) is 103 cm³/mol. The molecule has 2 atom stereocenters. The van der Waals surface area contributed by atoms with Crippen LogP contribution >= 0.6 is 0 Å². The number of aromatic nitrogens is 2. The van der Waals surface area contributed by atoms with Crippen molar-refractivity contribution >= 4 is 0 Å². The van der Waals surface area contributed by atoms with E-state index in [1.54, 1.807) is 0 Å². The quantitative estimate of drug-likeness (QED) is 0.778. The highest BCUT2D eigenvalue weighted by atomic mass is 16.5. The molecule has 2 heterocycles. The molecule has 1 aliphatic heterocycles. The Bertz CT molecular complexity index is 714. The van der Waals surface area contributed by atoms with Gasteiger partial charge in [-0.3, -0.25) is 9.80 Å². The lowest BCUT2D eigenvalue weighted by Crippen LogP contribution is -2.47. The van der Waals surface area contributed by atoms with Crippen LogP contribution in [0.4, 0.5) is 0 Å². The molecule has 1 saturated heterocycles. The molecule has 0 N–H and O–H groups in total. The summed E-state index contributed by atoms with van der Waals surface area (Å²) in [6, 6.07) is 10.9. The molecule has 1 aromatic heterocycles. The number of ether oxygens (including phenoxy) is 1. The number of hydrogen-bond donors (Lipinski definition) is 0. The van der Waals surface area contributed by atoms with Crippen molar-refractivity contribution in [3.8, 4) is 0 Å². The SMILES string of the molecule is CN(Cc1nc(C2CCCC2)no1)C[C@@H]1OCCN(C)[C@H]1c1ccccc1. The highest BCUT2D eigenvalue weighted by molar-refractivity contribution is 5.21. The monoisotopic (exact) mass is 370 g/mol. The van der Waals surface area contributed by atoms with Crippen LogP contribution in [0, 0.1) is 0 Å². The summed E-state index contributed by atoms with van der Waals surface area (Å²) in [6.45, 7) is 3.20. The molecule has 0 unspecified atom stereocenters. The first kappa shape index (κ1) is 18.6. The summed E-state index contributed by atoms with van der Waals surface area (Å²) >= 11 is 0. The first-order valence-corrected chi connectivity index (χ1v) is 10.1. The molecule has 2 aromatic rings. The number of hydrogen-bond acceptors (Lipinski definition) is 6. The molecular weight excluding hydrogens is 340 g/mol. The van der Waals surface area contributed by atoms with E-state index in [4.69, 9.17) is 9.26 Å². The van der Waals surface area contributed by atoms with Crippen LogP contribution in [0.3, 0.4) is 0 Å². The fraction of sp³-hybridized carbons (Fsp3) is 0.619. The van der Waals surface area contributed by atoms with E-state index in [0.29, 0.717) is 18.4 Å². The number of nitrogens with zero attached hydrogens (tertiary/aromatic N) is 4. The summed E-state index contributed by atoms with van der Waals surface area (Å²) in [5, 5.41) is 4.22. The fourth-order valence-corrected chi connectivity index (χ4v) is 4.42. The third kappa shape index (κ3) is 4.39. The van der Waals surface area contributed by atoms with E-state index in [2.05, 4.69) is 64.4 Å². The van der Waals surface area contributed by atoms with Crippen molar-refractivity contribution < 1.29 is 9.26 Å². The van der Waals surface area contributed by atoms with Gasteiger partial charge in [0.2, 0.25) is 5.89 Å². The van der Waals surface area contributed by atoms with Gasteiger partial charge in [-0.1, -0.05) is 48.3 Å². The maximum Gasteiger partial charge on any atom is 0.240 e. The van der Waals surface area contributed by atoms with Crippen LogP contribution in [0.25, 0.3) is 0 Å². The van der Waals surface area contributed by atoms with Crippen LogP contribution in [-0.4, -0.2) is 59.8 Å². The first-order chi connectivity index (χ1) is 13.2. The molecule has 146 valence electrons. The van der Waals surface area contributed by atoms with Gasteiger partial charge in [-0.2, -0.15) is 4.98 Å². The van der Waals surface area contributed by atoms with Crippen molar-refractivity contribution in [2.75, 3.05) is 33.8 Å². The summed E-state index contributed by atoms with van der Waals surface area (Å²) in [5.74, 6) is 2.09. The highest BCUT2D eigenvalue weighted by Crippen LogP contribution is 2.32. The Morgan fingerprint density at radius 1 is 1.19 bits per heavy atom. The molecule has 6 nitrogen and oxygen atoms in total. The van der Waals surface area contributed by atoms with E-state index >= 15 is 0 Å². The lowest BCUT2D eigenvalue weighted by Gasteiger charge is -2.40. The Labute approximate surface area is 161 Å². The van der Waals surface area contributed by atoms with Crippen LogP contribution in [0.2, 0.25) is 0 Å². The smallest absolute Gasteiger partial charge is 0.240 e. The van der Waals surface area contributed by atoms with Crippen molar-refractivity contribution in [3.63, 3.8) is 0 Å². The molecule has 6 heteroatoms. The Balaban J connectivity index is 1.39. The van der Waals surface area contributed by atoms with Crippen molar-refractivity contribution in [1.82, 2.24) is 19.9 Å². The Morgan fingerprint density at radius 3 is 2.74 bits per heavy atom. The lowest BCUT2D eigenvalue weighted by atomic mass is 9.98. The third-order valence-corrected chi connectivity index (χ3v) is 5.84. The van der Waals surface area contributed by atoms with Crippen molar-refractivity contribution in [3.05, 3.63) is 47.6 Å². The maximum absolute atomic E-state index is 6.16. The number of rotatable bonds is 6. The molecular formula is C21H30N4O2. The van der Waals surface area contributed by atoms with E-state index in [-0.39, 0.29) is 12.1 Å². The van der Waals surface area contributed by atoms with Gasteiger partial charge in [0, 0.05) is 19.0 Å². The minimum absolute atomic E-state index is 0.119. The van der Waals surface area contributed by atoms with E-state index in [9.17, 15) is 0 Å². The van der Waals surface area contributed by atoms with E-state index in [1.165, 1.54) is 31.2 Å². The van der Waals surface area contributed by atoms with Gasteiger partial charge in [-0.25, -0.2) is 0 Å². The molecule has 27 heavy (non-hydrogen) atoms. The van der Waals surface area contributed by atoms with Crippen LogP contribution in [0.1, 0.15) is 54.9 Å². The number of benzene rings is 1. The Kier molecular flexibility index (Phi) is 5.86. The molecule has 0 amide bonds. The van der Waals surface area contributed by atoms with E-state index < -0.39 is 0 Å². The van der Waals surface area contributed by atoms with Gasteiger partial charge < -0.3 is 9.26 Å². The van der Waals surface area contributed by atoms with Gasteiger partial charge in [0.15, 0.2) is 5.82 Å². The number of morpholine rings is 1. The molecule has 0 bridgehead atoms. The summed E-state index contributed by atoms with van der Waals surface area (Å²) in [6.07, 6.45) is 5.06. The fourth-order valence-electron chi connectivity index (χ4n) is 4.42. The molecule has 4 rings (SSSR count). The zero-order valence-corrected chi connectivity index (χ0v) is 16.4. The van der Waals surface area contributed by atoms with Crippen LogP contribution in [0.15, 0.2) is 34.9 Å². The lowest BCUT2D eigenvalue weighted by molar-refractivity contribution is -0.0748. The molecule has 0 radical (unpaired) electrons. The van der Waals surface area contributed by atoms with Gasteiger partial charge in [0.25, 0.3) is 0 Å². The van der Waals surface area contributed by atoms with Gasteiger partial charge in [-0.05, 0) is 32.5 Å². The van der Waals surface area contributed by atoms with E-state index in [1.807, 2.05) is 0 Å². The molecule has 2 aliphatic rings. The van der Waals surface area contributed by atoms with Gasteiger partial charge in [-0.15, -0.1) is 0 Å². The predicted octanol–water partition coefficient (Wildman–Crippen LogP) is 3.23. The molecule has 1 aromatic carbocycles. The summed E-state index contributed by atoms with van der Waals surface area (Å²) in [5.41, 5.74) is 1.31. The summed E-state index contributed by atoms with van der Waals surface area (Å²) in [7, 11) is 4.28. The van der Waals surface area contributed by atoms with Gasteiger partial charge >= 0.3 is 0 Å². The zero-order chi connectivity index (χ0) is 18.6. The summed E-state index contributed by atoms with van der Waals surface area (Å²) < 4.78 is 11.7. The third-order valence-electron chi connectivity index (χ3n) is 5.84. The van der Waals surface area contributed by atoms with Gasteiger partial charge in [0.1, 0.15) is 0 Å². The highest BCUT2D eigenvalue weighted by Gasteiger charge is 2.32.